The van der Waals surface area contributed by atoms with E-state index in [0.29, 0.717) is 0 Å². The molecule has 4 unspecified atom stereocenters. The maximum atomic E-state index is 10.9. The number of carboxylic acids is 3. The number of rotatable bonds is 3. The van der Waals surface area contributed by atoms with E-state index >= 15 is 0 Å². The molecule has 6 heteroatoms. The minimum atomic E-state index is -1.23. The van der Waals surface area contributed by atoms with Crippen LogP contribution in [0.3, 0.4) is 0 Å². The van der Waals surface area contributed by atoms with Gasteiger partial charge in [-0.25, -0.2) is 0 Å². The SMILES string of the molecule is CC1CC(C(=O)O)CC(C(=O)O)C1C(=O)O. The van der Waals surface area contributed by atoms with Crippen molar-refractivity contribution in [1.82, 2.24) is 0 Å². The molecule has 0 aromatic rings. The Morgan fingerprint density at radius 3 is 1.88 bits per heavy atom. The van der Waals surface area contributed by atoms with E-state index in [1.54, 1.807) is 6.92 Å². The van der Waals surface area contributed by atoms with Gasteiger partial charge in [-0.2, -0.15) is 0 Å². The fraction of sp³-hybridized carbons (Fsp3) is 0.700. The maximum Gasteiger partial charge on any atom is 0.307 e. The summed E-state index contributed by atoms with van der Waals surface area (Å²) in [5.74, 6) is -6.74. The molecule has 1 rings (SSSR count). The van der Waals surface area contributed by atoms with Gasteiger partial charge in [0, 0.05) is 0 Å². The van der Waals surface area contributed by atoms with Crippen LogP contribution < -0.4 is 0 Å². The highest BCUT2D eigenvalue weighted by molar-refractivity contribution is 5.82. The largest absolute Gasteiger partial charge is 0.481 e. The van der Waals surface area contributed by atoms with Gasteiger partial charge < -0.3 is 15.3 Å². The zero-order valence-corrected chi connectivity index (χ0v) is 8.79. The van der Waals surface area contributed by atoms with E-state index in [1.807, 2.05) is 0 Å². The molecule has 0 amide bonds. The van der Waals surface area contributed by atoms with Crippen molar-refractivity contribution in [1.29, 1.82) is 0 Å². The summed E-state index contributed by atoms with van der Waals surface area (Å²) in [7, 11) is 0. The minimum absolute atomic E-state index is 0.105. The number of carboxylic acid groups (broad SMARTS) is 3. The third-order valence-corrected chi connectivity index (χ3v) is 3.19. The van der Waals surface area contributed by atoms with Crippen molar-refractivity contribution in [2.24, 2.45) is 23.7 Å². The second-order valence-electron chi connectivity index (χ2n) is 4.29. The van der Waals surface area contributed by atoms with Crippen molar-refractivity contribution in [3.05, 3.63) is 0 Å². The van der Waals surface area contributed by atoms with Gasteiger partial charge >= 0.3 is 17.9 Å². The van der Waals surface area contributed by atoms with Gasteiger partial charge in [0.05, 0.1) is 17.8 Å². The lowest BCUT2D eigenvalue weighted by molar-refractivity contribution is -0.162. The molecule has 0 radical (unpaired) electrons. The van der Waals surface area contributed by atoms with Crippen LogP contribution in [0.4, 0.5) is 0 Å². The molecule has 1 aliphatic carbocycles. The van der Waals surface area contributed by atoms with Crippen molar-refractivity contribution in [2.45, 2.75) is 19.8 Å². The van der Waals surface area contributed by atoms with Crippen LogP contribution in [-0.2, 0) is 14.4 Å². The van der Waals surface area contributed by atoms with Crippen molar-refractivity contribution in [2.75, 3.05) is 0 Å². The summed E-state index contributed by atoms with van der Waals surface area (Å²) in [6.07, 6.45) is 0.113. The van der Waals surface area contributed by atoms with Crippen LogP contribution in [0.25, 0.3) is 0 Å². The minimum Gasteiger partial charge on any atom is -0.481 e. The van der Waals surface area contributed by atoms with Crippen LogP contribution in [0.1, 0.15) is 19.8 Å². The average Bonchev–Trinajstić information content (AvgIpc) is 2.15. The van der Waals surface area contributed by atoms with E-state index < -0.39 is 41.6 Å². The van der Waals surface area contributed by atoms with Crippen molar-refractivity contribution in [3.63, 3.8) is 0 Å². The summed E-state index contributed by atoms with van der Waals surface area (Å²) < 4.78 is 0. The van der Waals surface area contributed by atoms with Gasteiger partial charge in [0.1, 0.15) is 0 Å². The van der Waals surface area contributed by atoms with E-state index in [1.165, 1.54) is 0 Å². The molecule has 4 atom stereocenters. The molecular weight excluding hydrogens is 216 g/mol. The molecule has 3 N–H and O–H groups in total. The summed E-state index contributed by atoms with van der Waals surface area (Å²) in [4.78, 5) is 32.7. The molecule has 0 aromatic carbocycles. The first-order valence-electron chi connectivity index (χ1n) is 5.03. The molecule has 90 valence electrons. The Balaban J connectivity index is 2.93. The van der Waals surface area contributed by atoms with Crippen LogP contribution in [-0.4, -0.2) is 33.2 Å². The third kappa shape index (κ3) is 2.32. The van der Waals surface area contributed by atoms with Gasteiger partial charge in [-0.05, 0) is 18.8 Å². The maximum absolute atomic E-state index is 10.9. The van der Waals surface area contributed by atoms with Gasteiger partial charge in [-0.1, -0.05) is 6.92 Å². The standard InChI is InChI=1S/C10H14O6/c1-4-2-5(8(11)12)3-6(9(13)14)7(4)10(15)16/h4-7H,2-3H2,1H3,(H,11,12)(H,13,14)(H,15,16). The fourth-order valence-corrected chi connectivity index (χ4v) is 2.41. The number of hydrogen-bond acceptors (Lipinski definition) is 3. The lowest BCUT2D eigenvalue weighted by atomic mass is 9.68. The molecule has 1 saturated carbocycles. The molecule has 16 heavy (non-hydrogen) atoms. The summed E-state index contributed by atoms with van der Waals surface area (Å²) in [5.41, 5.74) is 0. The summed E-state index contributed by atoms with van der Waals surface area (Å²) in [6.45, 7) is 1.59. The molecule has 0 aromatic heterocycles. The zero-order valence-electron chi connectivity index (χ0n) is 8.79. The normalized spacial score (nSPS) is 34.3. The summed E-state index contributed by atoms with van der Waals surface area (Å²) in [6, 6.07) is 0. The molecule has 0 bridgehead atoms. The molecular formula is C10H14O6. The lowest BCUT2D eigenvalue weighted by Crippen LogP contribution is -2.42. The van der Waals surface area contributed by atoms with Gasteiger partial charge in [-0.3, -0.25) is 14.4 Å². The lowest BCUT2D eigenvalue weighted by Gasteiger charge is -2.34. The second-order valence-corrected chi connectivity index (χ2v) is 4.29. The first-order valence-corrected chi connectivity index (χ1v) is 5.03. The Hall–Kier alpha value is -1.59. The first kappa shape index (κ1) is 12.5. The van der Waals surface area contributed by atoms with Gasteiger partial charge in [-0.15, -0.1) is 0 Å². The number of carbonyl (C=O) groups is 3. The van der Waals surface area contributed by atoms with Crippen LogP contribution in [0.2, 0.25) is 0 Å². The van der Waals surface area contributed by atoms with Gasteiger partial charge in [0.2, 0.25) is 0 Å². The Kier molecular flexibility index (Phi) is 3.51. The quantitative estimate of drug-likeness (QED) is 0.651. The second kappa shape index (κ2) is 4.51. The van der Waals surface area contributed by atoms with E-state index in [-0.39, 0.29) is 12.8 Å². The van der Waals surface area contributed by atoms with Gasteiger partial charge in [0.25, 0.3) is 0 Å². The van der Waals surface area contributed by atoms with Crippen LogP contribution in [0.15, 0.2) is 0 Å². The molecule has 6 nitrogen and oxygen atoms in total. The first-order chi connectivity index (χ1) is 7.34. The molecule has 0 saturated heterocycles. The van der Waals surface area contributed by atoms with Crippen LogP contribution in [0, 0.1) is 23.7 Å². The molecule has 0 spiro atoms. The molecule has 0 aliphatic heterocycles. The van der Waals surface area contributed by atoms with Crippen LogP contribution in [0.5, 0.6) is 0 Å². The van der Waals surface area contributed by atoms with E-state index in [4.69, 9.17) is 15.3 Å². The van der Waals surface area contributed by atoms with Crippen molar-refractivity contribution in [3.8, 4) is 0 Å². The Bertz CT molecular complexity index is 323. The highest BCUT2D eigenvalue weighted by Gasteiger charge is 2.45. The molecule has 1 fully saturated rings. The van der Waals surface area contributed by atoms with Crippen molar-refractivity contribution >= 4 is 17.9 Å². The monoisotopic (exact) mass is 230 g/mol. The Labute approximate surface area is 91.9 Å². The smallest absolute Gasteiger partial charge is 0.307 e. The summed E-state index contributed by atoms with van der Waals surface area (Å²) >= 11 is 0. The highest BCUT2D eigenvalue weighted by Crippen LogP contribution is 2.38. The van der Waals surface area contributed by atoms with E-state index in [9.17, 15) is 14.4 Å². The van der Waals surface area contributed by atoms with E-state index in [2.05, 4.69) is 0 Å². The highest BCUT2D eigenvalue weighted by atomic mass is 16.4. The number of aliphatic carboxylic acids is 3. The predicted octanol–water partition coefficient (Wildman–Crippen LogP) is 0.519. The van der Waals surface area contributed by atoms with Crippen LogP contribution >= 0.6 is 0 Å². The third-order valence-electron chi connectivity index (χ3n) is 3.19. The van der Waals surface area contributed by atoms with Gasteiger partial charge in [0.15, 0.2) is 0 Å². The Morgan fingerprint density at radius 1 is 0.938 bits per heavy atom. The number of hydrogen-bond donors (Lipinski definition) is 3. The fourth-order valence-electron chi connectivity index (χ4n) is 2.41. The van der Waals surface area contributed by atoms with E-state index in [0.717, 1.165) is 0 Å². The van der Waals surface area contributed by atoms with Crippen molar-refractivity contribution < 1.29 is 29.7 Å². The topological polar surface area (TPSA) is 112 Å². The molecule has 1 aliphatic rings. The predicted molar refractivity (Wildman–Crippen MR) is 51.8 cm³/mol. The zero-order chi connectivity index (χ0) is 12.5. The summed E-state index contributed by atoms with van der Waals surface area (Å²) in [5, 5.41) is 26.7. The Morgan fingerprint density at radius 2 is 1.50 bits per heavy atom. The average molecular weight is 230 g/mol. The molecule has 0 heterocycles.